The smallest absolute Gasteiger partial charge is 0.165 e. The van der Waals surface area contributed by atoms with Crippen LogP contribution in [0.25, 0.3) is 0 Å². The summed E-state index contributed by atoms with van der Waals surface area (Å²) in [5, 5.41) is 3.61. The molecule has 0 amide bonds. The van der Waals surface area contributed by atoms with Crippen LogP contribution in [0.2, 0.25) is 0 Å². The van der Waals surface area contributed by atoms with Gasteiger partial charge in [0, 0.05) is 24.1 Å². The van der Waals surface area contributed by atoms with E-state index in [1.165, 1.54) is 17.2 Å². The number of benzene rings is 2. The van der Waals surface area contributed by atoms with Gasteiger partial charge in [0.25, 0.3) is 0 Å². The molecule has 116 valence electrons. The van der Waals surface area contributed by atoms with Crippen LogP contribution in [0.4, 0.5) is 4.39 Å². The fourth-order valence-electron chi connectivity index (χ4n) is 3.00. The average Bonchev–Trinajstić information content (AvgIpc) is 2.56. The molecule has 1 aliphatic heterocycles. The zero-order valence-electron chi connectivity index (χ0n) is 13.1. The van der Waals surface area contributed by atoms with Crippen LogP contribution in [-0.2, 0) is 6.42 Å². The summed E-state index contributed by atoms with van der Waals surface area (Å²) < 4.78 is 19.3. The second-order valence-corrected chi connectivity index (χ2v) is 5.83. The second-order valence-electron chi connectivity index (χ2n) is 5.83. The monoisotopic (exact) mass is 299 g/mol. The van der Waals surface area contributed by atoms with E-state index >= 15 is 0 Å². The first-order valence-electron chi connectivity index (χ1n) is 7.95. The summed E-state index contributed by atoms with van der Waals surface area (Å²) in [4.78, 5) is 0. The molecular weight excluding hydrogens is 277 g/mol. The van der Waals surface area contributed by atoms with Crippen LogP contribution < -0.4 is 10.1 Å². The van der Waals surface area contributed by atoms with Crippen molar-refractivity contribution in [3.63, 3.8) is 0 Å². The third kappa shape index (κ3) is 3.00. The Hall–Kier alpha value is -1.87. The Balaban J connectivity index is 1.77. The molecule has 3 heteroatoms. The zero-order chi connectivity index (χ0) is 15.5. The number of aryl methyl sites for hydroxylation is 1. The first-order chi connectivity index (χ1) is 10.7. The first kappa shape index (κ1) is 15.0. The molecule has 0 saturated carbocycles. The highest BCUT2D eigenvalue weighted by molar-refractivity contribution is 5.39. The Morgan fingerprint density at radius 3 is 2.73 bits per heavy atom. The van der Waals surface area contributed by atoms with Gasteiger partial charge >= 0.3 is 0 Å². The molecule has 0 unspecified atom stereocenters. The van der Waals surface area contributed by atoms with Gasteiger partial charge in [-0.25, -0.2) is 4.39 Å². The largest absolute Gasteiger partial charge is 0.490 e. The molecular formula is C19H22FNO. The molecule has 22 heavy (non-hydrogen) atoms. The minimum atomic E-state index is -0.274. The lowest BCUT2D eigenvalue weighted by Crippen LogP contribution is -2.29. The summed E-state index contributed by atoms with van der Waals surface area (Å²) >= 11 is 0. The molecule has 0 aliphatic carbocycles. The highest BCUT2D eigenvalue weighted by atomic mass is 19.1. The molecule has 2 nitrogen and oxygen atoms in total. The van der Waals surface area contributed by atoms with Crippen LogP contribution in [0.1, 0.15) is 49.0 Å². The van der Waals surface area contributed by atoms with E-state index in [2.05, 4.69) is 43.4 Å². The summed E-state index contributed by atoms with van der Waals surface area (Å²) in [5.74, 6) is 0.128. The standard InChI is InChI=1S/C19H22FNO/c1-3-14-7-9-15(10-8-14)13(2)21-18-11-12-22-19-16(18)5-4-6-17(19)20/h4-10,13,18,21H,3,11-12H2,1-2H3/t13-,18+/m0/s1. The Morgan fingerprint density at radius 2 is 2.00 bits per heavy atom. The van der Waals surface area contributed by atoms with Crippen molar-refractivity contribution in [3.8, 4) is 5.75 Å². The fourth-order valence-corrected chi connectivity index (χ4v) is 3.00. The average molecular weight is 299 g/mol. The summed E-state index contributed by atoms with van der Waals surface area (Å²) in [5.41, 5.74) is 3.51. The molecule has 0 saturated heterocycles. The molecule has 1 N–H and O–H groups in total. The van der Waals surface area contributed by atoms with Gasteiger partial charge in [-0.05, 0) is 30.5 Å². The number of para-hydroxylation sites is 1. The van der Waals surface area contributed by atoms with E-state index in [1.807, 2.05) is 6.07 Å². The quantitative estimate of drug-likeness (QED) is 0.893. The minimum absolute atomic E-state index is 0.125. The molecule has 1 heterocycles. The molecule has 0 aromatic heterocycles. The molecule has 2 aromatic rings. The van der Waals surface area contributed by atoms with E-state index in [4.69, 9.17) is 4.74 Å². The van der Waals surface area contributed by atoms with Crippen LogP contribution >= 0.6 is 0 Å². The van der Waals surface area contributed by atoms with Crippen molar-refractivity contribution in [2.75, 3.05) is 6.61 Å². The Labute approximate surface area is 131 Å². The maximum absolute atomic E-state index is 13.8. The van der Waals surface area contributed by atoms with Gasteiger partial charge in [-0.2, -0.15) is 0 Å². The van der Waals surface area contributed by atoms with Gasteiger partial charge < -0.3 is 10.1 Å². The molecule has 0 radical (unpaired) electrons. The number of nitrogens with one attached hydrogen (secondary N) is 1. The summed E-state index contributed by atoms with van der Waals surface area (Å²) in [6.07, 6.45) is 1.91. The highest BCUT2D eigenvalue weighted by Crippen LogP contribution is 2.35. The zero-order valence-corrected chi connectivity index (χ0v) is 13.1. The van der Waals surface area contributed by atoms with Crippen molar-refractivity contribution >= 4 is 0 Å². The normalized spacial score (nSPS) is 18.4. The lowest BCUT2D eigenvalue weighted by molar-refractivity contribution is 0.235. The van der Waals surface area contributed by atoms with Crippen LogP contribution in [0, 0.1) is 5.82 Å². The molecule has 0 bridgehead atoms. The predicted octanol–water partition coefficient (Wildman–Crippen LogP) is 4.56. The second kappa shape index (κ2) is 6.49. The van der Waals surface area contributed by atoms with E-state index in [9.17, 15) is 4.39 Å². The molecule has 2 atom stereocenters. The molecule has 3 rings (SSSR count). The van der Waals surface area contributed by atoms with Crippen molar-refractivity contribution in [2.24, 2.45) is 0 Å². The van der Waals surface area contributed by atoms with Gasteiger partial charge in [-0.1, -0.05) is 43.3 Å². The Kier molecular flexibility index (Phi) is 4.44. The Bertz CT molecular complexity index is 638. The lowest BCUT2D eigenvalue weighted by Gasteiger charge is -2.29. The SMILES string of the molecule is CCc1ccc([C@H](C)N[C@@H]2CCOc3c(F)cccc32)cc1. The van der Waals surface area contributed by atoms with Gasteiger partial charge in [-0.15, -0.1) is 0 Å². The highest BCUT2D eigenvalue weighted by Gasteiger charge is 2.25. The van der Waals surface area contributed by atoms with Crippen LogP contribution in [0.15, 0.2) is 42.5 Å². The van der Waals surface area contributed by atoms with E-state index in [0.29, 0.717) is 12.4 Å². The molecule has 1 aliphatic rings. The number of hydrogen-bond acceptors (Lipinski definition) is 2. The van der Waals surface area contributed by atoms with E-state index in [1.54, 1.807) is 6.07 Å². The molecule has 0 fully saturated rings. The third-order valence-electron chi connectivity index (χ3n) is 4.36. The van der Waals surface area contributed by atoms with Gasteiger partial charge in [0.15, 0.2) is 11.6 Å². The Morgan fingerprint density at radius 1 is 1.23 bits per heavy atom. The van der Waals surface area contributed by atoms with Crippen molar-refractivity contribution in [1.82, 2.24) is 5.32 Å². The van der Waals surface area contributed by atoms with Gasteiger partial charge in [-0.3, -0.25) is 0 Å². The van der Waals surface area contributed by atoms with Crippen LogP contribution in [0.5, 0.6) is 5.75 Å². The first-order valence-corrected chi connectivity index (χ1v) is 7.95. The third-order valence-corrected chi connectivity index (χ3v) is 4.36. The van der Waals surface area contributed by atoms with Gasteiger partial charge in [0.2, 0.25) is 0 Å². The van der Waals surface area contributed by atoms with E-state index in [0.717, 1.165) is 18.4 Å². The van der Waals surface area contributed by atoms with E-state index in [-0.39, 0.29) is 17.9 Å². The van der Waals surface area contributed by atoms with Crippen molar-refractivity contribution in [3.05, 3.63) is 65.0 Å². The molecule has 0 spiro atoms. The van der Waals surface area contributed by atoms with Crippen LogP contribution in [0.3, 0.4) is 0 Å². The number of ether oxygens (including phenoxy) is 1. The summed E-state index contributed by atoms with van der Waals surface area (Å²) in [6, 6.07) is 14.2. The minimum Gasteiger partial charge on any atom is -0.490 e. The number of hydrogen-bond donors (Lipinski definition) is 1. The fraction of sp³-hybridized carbons (Fsp3) is 0.368. The topological polar surface area (TPSA) is 21.3 Å². The van der Waals surface area contributed by atoms with Crippen molar-refractivity contribution in [2.45, 2.75) is 38.8 Å². The predicted molar refractivity (Wildman–Crippen MR) is 86.6 cm³/mol. The van der Waals surface area contributed by atoms with E-state index < -0.39 is 0 Å². The lowest BCUT2D eigenvalue weighted by atomic mass is 9.97. The van der Waals surface area contributed by atoms with Crippen LogP contribution in [-0.4, -0.2) is 6.61 Å². The van der Waals surface area contributed by atoms with Crippen molar-refractivity contribution in [1.29, 1.82) is 0 Å². The summed E-state index contributed by atoms with van der Waals surface area (Å²) in [6.45, 7) is 4.85. The van der Waals surface area contributed by atoms with Crippen molar-refractivity contribution < 1.29 is 9.13 Å². The maximum atomic E-state index is 13.8. The number of rotatable bonds is 4. The van der Waals surface area contributed by atoms with Gasteiger partial charge in [0.05, 0.1) is 6.61 Å². The number of halogens is 1. The van der Waals surface area contributed by atoms with Gasteiger partial charge in [0.1, 0.15) is 0 Å². The summed E-state index contributed by atoms with van der Waals surface area (Å²) in [7, 11) is 0. The number of fused-ring (bicyclic) bond motifs is 1. The molecule has 2 aromatic carbocycles. The maximum Gasteiger partial charge on any atom is 0.165 e.